The molecule has 0 amide bonds. The first-order chi connectivity index (χ1) is 5.33. The van der Waals surface area contributed by atoms with E-state index in [0.717, 1.165) is 5.69 Å². The first kappa shape index (κ1) is 7.78. The fourth-order valence-corrected chi connectivity index (χ4v) is 0.777. The summed E-state index contributed by atoms with van der Waals surface area (Å²) in [4.78, 5) is 6.78. The van der Waals surface area contributed by atoms with Crippen molar-refractivity contribution in [3.63, 3.8) is 0 Å². The third-order valence-electron chi connectivity index (χ3n) is 1.22. The maximum absolute atomic E-state index is 7.29. The van der Waals surface area contributed by atoms with E-state index in [9.17, 15) is 0 Å². The molecule has 2 N–H and O–H groups in total. The number of aromatic nitrogens is 2. The van der Waals surface area contributed by atoms with Crippen LogP contribution in [-0.4, -0.2) is 22.5 Å². The molecule has 0 aliphatic heterocycles. The van der Waals surface area contributed by atoms with E-state index < -0.39 is 0 Å². The van der Waals surface area contributed by atoms with Gasteiger partial charge in [0, 0.05) is 6.20 Å². The molecule has 0 spiro atoms. The number of nitrogens with zero attached hydrogens (tertiary/aromatic N) is 1. The summed E-state index contributed by atoms with van der Waals surface area (Å²) in [6.07, 6.45) is 3.82. The monoisotopic (exact) mass is 153 g/mol. The molecule has 4 nitrogen and oxygen atoms in total. The highest BCUT2D eigenvalue weighted by atomic mass is 16.5. The molecule has 0 aliphatic rings. The summed E-state index contributed by atoms with van der Waals surface area (Å²) in [6.45, 7) is 2.41. The molecule has 60 valence electrons. The minimum atomic E-state index is 0.264. The molecule has 0 unspecified atom stereocenters. The minimum absolute atomic E-state index is 0.264. The number of nitrogens with one attached hydrogen (secondary N) is 2. The normalized spacial score (nSPS) is 9.55. The lowest BCUT2D eigenvalue weighted by molar-refractivity contribution is 0.316. The minimum Gasteiger partial charge on any atom is -0.481 e. The summed E-state index contributed by atoms with van der Waals surface area (Å²) in [6, 6.07) is 0. The highest BCUT2D eigenvalue weighted by Gasteiger charge is 1.99. The second-order valence-electron chi connectivity index (χ2n) is 2.09. The first-order valence-electron chi connectivity index (χ1n) is 3.50. The molecule has 11 heavy (non-hydrogen) atoms. The van der Waals surface area contributed by atoms with E-state index in [1.165, 1.54) is 0 Å². The van der Waals surface area contributed by atoms with Crippen LogP contribution in [0.25, 0.3) is 0 Å². The Bertz CT molecular complexity index is 218. The molecular weight excluding hydrogens is 142 g/mol. The van der Waals surface area contributed by atoms with Crippen molar-refractivity contribution >= 4 is 5.90 Å². The van der Waals surface area contributed by atoms with Crippen LogP contribution in [0.4, 0.5) is 0 Å². The Kier molecular flexibility index (Phi) is 2.66. The van der Waals surface area contributed by atoms with Crippen LogP contribution in [-0.2, 0) is 11.2 Å². The molecule has 1 rings (SSSR count). The number of hydrogen-bond donors (Lipinski definition) is 2. The lowest BCUT2D eigenvalue weighted by Gasteiger charge is -2.00. The van der Waals surface area contributed by atoms with Crippen molar-refractivity contribution in [1.29, 1.82) is 5.41 Å². The van der Waals surface area contributed by atoms with Gasteiger partial charge in [0.15, 0.2) is 5.90 Å². The fourth-order valence-electron chi connectivity index (χ4n) is 0.777. The van der Waals surface area contributed by atoms with E-state index in [2.05, 4.69) is 9.97 Å². The Morgan fingerprint density at radius 1 is 1.82 bits per heavy atom. The van der Waals surface area contributed by atoms with Crippen LogP contribution >= 0.6 is 0 Å². The zero-order chi connectivity index (χ0) is 8.10. The number of rotatable bonds is 3. The highest BCUT2D eigenvalue weighted by molar-refractivity contribution is 5.74. The fraction of sp³-hybridized carbons (Fsp3) is 0.429. The van der Waals surface area contributed by atoms with Gasteiger partial charge in [-0.05, 0) is 6.92 Å². The largest absolute Gasteiger partial charge is 0.481 e. The van der Waals surface area contributed by atoms with Crippen molar-refractivity contribution in [1.82, 2.24) is 9.97 Å². The maximum atomic E-state index is 7.29. The standard InChI is InChI=1S/C7H11N3O/c1-2-11-7(8)3-6-4-9-5-10-6/h4-5,8H,2-3H2,1H3,(H,9,10). The van der Waals surface area contributed by atoms with Crippen LogP contribution in [0.2, 0.25) is 0 Å². The van der Waals surface area contributed by atoms with Crippen molar-refractivity contribution in [3.05, 3.63) is 18.2 Å². The van der Waals surface area contributed by atoms with Crippen molar-refractivity contribution in [2.45, 2.75) is 13.3 Å². The lowest BCUT2D eigenvalue weighted by atomic mass is 10.3. The van der Waals surface area contributed by atoms with Gasteiger partial charge in [0.1, 0.15) is 0 Å². The number of aromatic amines is 1. The average molecular weight is 153 g/mol. The zero-order valence-corrected chi connectivity index (χ0v) is 6.42. The Balaban J connectivity index is 2.37. The van der Waals surface area contributed by atoms with E-state index in [0.29, 0.717) is 13.0 Å². The Morgan fingerprint density at radius 3 is 3.18 bits per heavy atom. The van der Waals surface area contributed by atoms with Gasteiger partial charge in [0.05, 0.1) is 25.0 Å². The van der Waals surface area contributed by atoms with Gasteiger partial charge >= 0.3 is 0 Å². The Labute approximate surface area is 65.1 Å². The van der Waals surface area contributed by atoms with E-state index >= 15 is 0 Å². The van der Waals surface area contributed by atoms with Crippen LogP contribution < -0.4 is 0 Å². The van der Waals surface area contributed by atoms with Crippen LogP contribution in [0.15, 0.2) is 12.5 Å². The molecule has 0 aromatic carbocycles. The predicted octanol–water partition coefficient (Wildman–Crippen LogP) is 0.966. The zero-order valence-electron chi connectivity index (χ0n) is 6.42. The molecule has 4 heteroatoms. The first-order valence-corrected chi connectivity index (χ1v) is 3.50. The van der Waals surface area contributed by atoms with Gasteiger partial charge in [-0.25, -0.2) is 4.98 Å². The van der Waals surface area contributed by atoms with Gasteiger partial charge in [-0.2, -0.15) is 0 Å². The second kappa shape index (κ2) is 3.75. The van der Waals surface area contributed by atoms with Crippen molar-refractivity contribution in [2.24, 2.45) is 0 Å². The number of H-pyrrole nitrogens is 1. The van der Waals surface area contributed by atoms with Gasteiger partial charge < -0.3 is 9.72 Å². The summed E-state index contributed by atoms with van der Waals surface area (Å²) >= 11 is 0. The molecule has 0 saturated carbocycles. The average Bonchev–Trinajstić information content (AvgIpc) is 2.40. The second-order valence-corrected chi connectivity index (χ2v) is 2.09. The number of ether oxygens (including phenoxy) is 1. The van der Waals surface area contributed by atoms with Crippen LogP contribution in [0.5, 0.6) is 0 Å². The van der Waals surface area contributed by atoms with Crippen molar-refractivity contribution in [2.75, 3.05) is 6.61 Å². The molecular formula is C7H11N3O. The van der Waals surface area contributed by atoms with Crippen LogP contribution in [0.3, 0.4) is 0 Å². The Hall–Kier alpha value is -1.32. The third kappa shape index (κ3) is 2.41. The molecule has 0 fully saturated rings. The van der Waals surface area contributed by atoms with Crippen LogP contribution in [0, 0.1) is 5.41 Å². The van der Waals surface area contributed by atoms with E-state index in [-0.39, 0.29) is 5.90 Å². The molecule has 0 bridgehead atoms. The SMILES string of the molecule is CCOC(=N)Cc1c[nH]cn1. The summed E-state index contributed by atoms with van der Waals surface area (Å²) in [5, 5.41) is 7.29. The molecule has 0 radical (unpaired) electrons. The maximum Gasteiger partial charge on any atom is 0.186 e. The van der Waals surface area contributed by atoms with E-state index in [1.54, 1.807) is 12.5 Å². The molecule has 1 aromatic rings. The third-order valence-corrected chi connectivity index (χ3v) is 1.22. The van der Waals surface area contributed by atoms with Gasteiger partial charge in [-0.1, -0.05) is 0 Å². The van der Waals surface area contributed by atoms with E-state index in [4.69, 9.17) is 10.1 Å². The molecule has 1 aromatic heterocycles. The van der Waals surface area contributed by atoms with Gasteiger partial charge in [0.25, 0.3) is 0 Å². The molecule has 0 atom stereocenters. The van der Waals surface area contributed by atoms with Gasteiger partial charge in [0.2, 0.25) is 0 Å². The molecule has 1 heterocycles. The van der Waals surface area contributed by atoms with Crippen molar-refractivity contribution < 1.29 is 4.74 Å². The lowest BCUT2D eigenvalue weighted by Crippen LogP contribution is -2.06. The number of imidazole rings is 1. The van der Waals surface area contributed by atoms with Crippen LogP contribution in [0.1, 0.15) is 12.6 Å². The summed E-state index contributed by atoms with van der Waals surface area (Å²) in [5.41, 5.74) is 0.837. The van der Waals surface area contributed by atoms with Gasteiger partial charge in [-0.3, -0.25) is 5.41 Å². The highest BCUT2D eigenvalue weighted by Crippen LogP contribution is 1.94. The smallest absolute Gasteiger partial charge is 0.186 e. The molecule has 0 aliphatic carbocycles. The number of hydrogen-bond acceptors (Lipinski definition) is 3. The quantitative estimate of drug-likeness (QED) is 0.502. The van der Waals surface area contributed by atoms with Crippen molar-refractivity contribution in [3.8, 4) is 0 Å². The predicted molar refractivity (Wildman–Crippen MR) is 41.6 cm³/mol. The van der Waals surface area contributed by atoms with Gasteiger partial charge in [-0.15, -0.1) is 0 Å². The summed E-state index contributed by atoms with van der Waals surface area (Å²) in [7, 11) is 0. The Morgan fingerprint density at radius 2 is 2.64 bits per heavy atom. The molecule has 0 saturated heterocycles. The summed E-state index contributed by atoms with van der Waals surface area (Å²) < 4.78 is 4.94. The summed E-state index contributed by atoms with van der Waals surface area (Å²) in [5.74, 6) is 0.264. The topological polar surface area (TPSA) is 61.8 Å². The van der Waals surface area contributed by atoms with E-state index in [1.807, 2.05) is 6.92 Å².